The summed E-state index contributed by atoms with van der Waals surface area (Å²) in [4.78, 5) is 4.83. The number of allylic oxidation sites excluding steroid dienone is 4. The molecular formula is C90H66N4O4. The van der Waals surface area contributed by atoms with Gasteiger partial charge in [0.15, 0.2) is 0 Å². The van der Waals surface area contributed by atoms with Crippen LogP contribution in [0.15, 0.2) is 312 Å². The van der Waals surface area contributed by atoms with Gasteiger partial charge in [0.25, 0.3) is 0 Å². The average molecular weight is 1270 g/mol. The minimum absolute atomic E-state index is 0.0120. The minimum Gasteiger partial charge on any atom is -0.485 e. The van der Waals surface area contributed by atoms with Crippen molar-refractivity contribution in [2.24, 2.45) is 11.8 Å². The lowest BCUT2D eigenvalue weighted by Crippen LogP contribution is -2.13. The van der Waals surface area contributed by atoms with E-state index in [1.165, 1.54) is 0 Å². The average Bonchev–Trinajstić information content (AvgIpc) is 1.54. The molecule has 470 valence electrons. The van der Waals surface area contributed by atoms with E-state index in [1.54, 1.807) is 0 Å². The molecule has 0 radical (unpaired) electrons. The zero-order valence-corrected chi connectivity index (χ0v) is 54.6. The molecule has 0 saturated heterocycles. The molecule has 8 nitrogen and oxygen atoms in total. The van der Waals surface area contributed by atoms with Gasteiger partial charge in [-0.3, -0.25) is 0 Å². The van der Waals surface area contributed by atoms with Crippen molar-refractivity contribution < 1.29 is 18.3 Å². The summed E-state index contributed by atoms with van der Waals surface area (Å²) in [6.07, 6.45) is 21.6. The summed E-state index contributed by atoms with van der Waals surface area (Å²) in [6.45, 7) is 8.81. The molecule has 0 spiro atoms. The number of ether oxygens (including phenoxy) is 2. The van der Waals surface area contributed by atoms with Crippen LogP contribution in [-0.4, -0.2) is 21.3 Å². The third-order valence-corrected chi connectivity index (χ3v) is 20.4. The Kier molecular flexibility index (Phi) is 13.3. The zero-order valence-electron chi connectivity index (χ0n) is 54.6. The fourth-order valence-corrected chi connectivity index (χ4v) is 15.5. The Labute approximate surface area is 567 Å². The predicted octanol–water partition coefficient (Wildman–Crippen LogP) is 23.8. The van der Waals surface area contributed by atoms with Crippen molar-refractivity contribution in [2.75, 3.05) is 9.80 Å². The number of aryl methyl sites for hydroxylation is 4. The summed E-state index contributed by atoms with van der Waals surface area (Å²) >= 11 is 0. The van der Waals surface area contributed by atoms with Gasteiger partial charge in [-0.25, -0.2) is 0 Å². The molecule has 0 amide bonds. The van der Waals surface area contributed by atoms with Gasteiger partial charge in [0.05, 0.1) is 22.1 Å². The van der Waals surface area contributed by atoms with Crippen LogP contribution in [0.1, 0.15) is 33.4 Å². The number of hydrogen-bond donors (Lipinski definition) is 0. The van der Waals surface area contributed by atoms with E-state index < -0.39 is 0 Å². The third kappa shape index (κ3) is 9.49. The van der Waals surface area contributed by atoms with E-state index >= 15 is 0 Å². The van der Waals surface area contributed by atoms with Crippen molar-refractivity contribution >= 4 is 111 Å². The molecule has 2 aliphatic carbocycles. The number of aromatic nitrogens is 2. The van der Waals surface area contributed by atoms with Crippen molar-refractivity contribution in [3.63, 3.8) is 0 Å². The summed E-state index contributed by atoms with van der Waals surface area (Å²) in [5.41, 5.74) is 23.3. The summed E-state index contributed by atoms with van der Waals surface area (Å²) in [7, 11) is 0. The standard InChI is InChI=1S/C90H66N4O4/c1-55-45-77(57(3)43-73(55)89-49-63-21-13-17-29-85(63)97-89)91(67-35-31-59(32-36-67)87-47-61-19-11-15-27-83(61)95-87)69-39-41-71-75-53-82-76(54-81(75)93(79(71)51-69)65-23-7-5-8-24-65)72-42-40-70(52-80(72)94(82)66-25-9-6-10-26-66)92(68-37-33-60(34-38-68)88-48-62-20-12-16-28-84(62)96-88)78-46-56(2)74(44-58(78)4)90-50-64-22-14-18-30-86(64)98-90/h5-54,61-62,83-84H,1-4H3. The number of anilines is 6. The smallest absolute Gasteiger partial charge is 0.135 e. The van der Waals surface area contributed by atoms with Crippen molar-refractivity contribution in [3.05, 3.63) is 337 Å². The lowest BCUT2D eigenvalue weighted by Gasteiger charge is -2.28. The first-order valence-corrected chi connectivity index (χ1v) is 33.8. The molecule has 8 heteroatoms. The second kappa shape index (κ2) is 22.7. The molecule has 0 bridgehead atoms. The molecule has 0 saturated carbocycles. The number of rotatable bonds is 12. The van der Waals surface area contributed by atoms with Gasteiger partial charge < -0.3 is 37.2 Å². The van der Waals surface area contributed by atoms with Gasteiger partial charge >= 0.3 is 0 Å². The Hall–Kier alpha value is -12.3. The van der Waals surface area contributed by atoms with E-state index in [0.29, 0.717) is 0 Å². The van der Waals surface area contributed by atoms with Gasteiger partial charge in [-0.15, -0.1) is 0 Å². The molecule has 19 rings (SSSR count). The highest BCUT2D eigenvalue weighted by Gasteiger charge is 2.31. The van der Waals surface area contributed by atoms with E-state index in [0.717, 1.165) is 179 Å². The van der Waals surface area contributed by atoms with Crippen LogP contribution in [0.3, 0.4) is 0 Å². The van der Waals surface area contributed by atoms with Crippen LogP contribution >= 0.6 is 0 Å². The van der Waals surface area contributed by atoms with E-state index in [9.17, 15) is 0 Å². The lowest BCUT2D eigenvalue weighted by molar-refractivity contribution is 0.212. The molecule has 98 heavy (non-hydrogen) atoms. The van der Waals surface area contributed by atoms with E-state index in [4.69, 9.17) is 18.3 Å². The Balaban J connectivity index is 0.781. The van der Waals surface area contributed by atoms with Crippen LogP contribution in [0.2, 0.25) is 0 Å². The van der Waals surface area contributed by atoms with Crippen LogP contribution in [0.4, 0.5) is 34.1 Å². The molecule has 4 aliphatic rings. The van der Waals surface area contributed by atoms with E-state index in [1.807, 2.05) is 24.3 Å². The van der Waals surface area contributed by atoms with Crippen LogP contribution in [0.5, 0.6) is 0 Å². The lowest BCUT2D eigenvalue weighted by atomic mass is 9.98. The minimum atomic E-state index is 0.0120. The van der Waals surface area contributed by atoms with Gasteiger partial charge in [0.2, 0.25) is 0 Å². The maximum Gasteiger partial charge on any atom is 0.135 e. The SMILES string of the molecule is Cc1cc(N(c2ccc(C3=CC4C=CC=CC4O3)cc2)c2ccc3c4cc5c(cc4n(-c4ccccc4)c3c2)c2ccc(N(c3ccc(C4=CC6C=CC=CC6O4)cc3)c3cc(C)c(-c4cc6ccccc6o4)cc3C)cc2n5-c2ccccc2)c(C)cc1-c1cc2ccccc2o1. The Morgan fingerprint density at radius 3 is 1.13 bits per heavy atom. The Morgan fingerprint density at radius 2 is 0.714 bits per heavy atom. The van der Waals surface area contributed by atoms with Crippen LogP contribution in [-0.2, 0) is 9.47 Å². The molecule has 0 fully saturated rings. The van der Waals surface area contributed by atoms with E-state index in [2.05, 4.69) is 326 Å². The monoisotopic (exact) mass is 1270 g/mol. The third-order valence-electron chi connectivity index (χ3n) is 20.4. The number of nitrogens with zero attached hydrogens (tertiary/aromatic N) is 4. The topological polar surface area (TPSA) is 61.1 Å². The highest BCUT2D eigenvalue weighted by Crippen LogP contribution is 2.49. The van der Waals surface area contributed by atoms with Crippen molar-refractivity contribution in [1.29, 1.82) is 0 Å². The van der Waals surface area contributed by atoms with Gasteiger partial charge in [0.1, 0.15) is 46.4 Å². The fraction of sp³-hybridized carbons (Fsp3) is 0.0889. The molecule has 4 unspecified atom stereocenters. The largest absolute Gasteiger partial charge is 0.485 e. The molecule has 11 aromatic carbocycles. The van der Waals surface area contributed by atoms with Gasteiger partial charge in [-0.05, 0) is 232 Å². The summed E-state index contributed by atoms with van der Waals surface area (Å²) in [6, 6.07) is 88.3. The fourth-order valence-electron chi connectivity index (χ4n) is 15.5. The van der Waals surface area contributed by atoms with Crippen LogP contribution < -0.4 is 9.80 Å². The Bertz CT molecular complexity index is 5520. The number of hydrogen-bond acceptors (Lipinski definition) is 6. The predicted molar refractivity (Wildman–Crippen MR) is 403 cm³/mol. The maximum atomic E-state index is 6.53. The molecule has 0 N–H and O–H groups in total. The van der Waals surface area contributed by atoms with Crippen LogP contribution in [0.25, 0.3) is 111 Å². The van der Waals surface area contributed by atoms with Crippen molar-refractivity contribution in [3.8, 4) is 34.0 Å². The summed E-state index contributed by atoms with van der Waals surface area (Å²) in [5.74, 6) is 3.97. The molecular weight excluding hydrogens is 1200 g/mol. The second-order valence-corrected chi connectivity index (χ2v) is 26.5. The van der Waals surface area contributed by atoms with Gasteiger partial charge in [-0.2, -0.15) is 0 Å². The molecule has 6 heterocycles. The number of furan rings is 2. The number of para-hydroxylation sites is 4. The van der Waals surface area contributed by atoms with E-state index in [-0.39, 0.29) is 24.0 Å². The first-order valence-electron chi connectivity index (χ1n) is 33.8. The summed E-state index contributed by atoms with van der Waals surface area (Å²) in [5, 5.41) is 6.78. The summed E-state index contributed by atoms with van der Waals surface area (Å²) < 4.78 is 31.0. The molecule has 4 atom stereocenters. The highest BCUT2D eigenvalue weighted by molar-refractivity contribution is 6.20. The zero-order chi connectivity index (χ0) is 65.3. The van der Waals surface area contributed by atoms with Crippen molar-refractivity contribution in [2.45, 2.75) is 39.9 Å². The van der Waals surface area contributed by atoms with Gasteiger partial charge in [0, 0.05) is 112 Å². The molecule has 15 aromatic rings. The Morgan fingerprint density at radius 1 is 0.327 bits per heavy atom. The number of fused-ring (bicyclic) bond motifs is 10. The first kappa shape index (κ1) is 57.2. The second-order valence-electron chi connectivity index (χ2n) is 26.5. The first-order chi connectivity index (χ1) is 48.2. The number of benzene rings is 11. The highest BCUT2D eigenvalue weighted by atomic mass is 16.5. The maximum absolute atomic E-state index is 6.53. The van der Waals surface area contributed by atoms with Crippen molar-refractivity contribution in [1.82, 2.24) is 9.13 Å². The van der Waals surface area contributed by atoms with Crippen LogP contribution in [0, 0.1) is 39.5 Å². The quantitative estimate of drug-likeness (QED) is 0.121. The van der Waals surface area contributed by atoms with Gasteiger partial charge in [-0.1, -0.05) is 121 Å². The molecule has 4 aromatic heterocycles. The normalized spacial score (nSPS) is 16.9. The molecule has 2 aliphatic heterocycles.